The molecule has 0 aliphatic carbocycles. The average molecular weight is 415 g/mol. The second kappa shape index (κ2) is 9.80. The number of hydrogen-bond acceptors (Lipinski definition) is 3. The van der Waals surface area contributed by atoms with E-state index < -0.39 is 0 Å². The Kier molecular flexibility index (Phi) is 6.68. The first-order valence-electron chi connectivity index (χ1n) is 10.9. The second-order valence-electron chi connectivity index (χ2n) is 8.28. The summed E-state index contributed by atoms with van der Waals surface area (Å²) >= 11 is 0. The third-order valence-electron chi connectivity index (χ3n) is 6.15. The van der Waals surface area contributed by atoms with E-state index in [1.807, 2.05) is 42.5 Å². The molecule has 0 saturated carbocycles. The fourth-order valence-electron chi connectivity index (χ4n) is 4.21. The highest BCUT2D eigenvalue weighted by Gasteiger charge is 2.25. The molecule has 1 heterocycles. The number of carbonyl (C=O) groups is 1. The van der Waals surface area contributed by atoms with Crippen LogP contribution in [0, 0.1) is 12.8 Å². The number of likely N-dealkylation sites (tertiary alicyclic amines) is 1. The number of ether oxygens (including phenoxy) is 1. The molecule has 1 aliphatic rings. The van der Waals surface area contributed by atoms with Crippen molar-refractivity contribution < 1.29 is 9.53 Å². The van der Waals surface area contributed by atoms with Gasteiger partial charge in [-0.2, -0.15) is 0 Å². The van der Waals surface area contributed by atoms with Crippen LogP contribution < -0.4 is 10.1 Å². The summed E-state index contributed by atoms with van der Waals surface area (Å²) < 4.78 is 5.33. The highest BCUT2D eigenvalue weighted by Crippen LogP contribution is 2.27. The summed E-state index contributed by atoms with van der Waals surface area (Å²) in [6, 6.07) is 24.5. The number of piperidine rings is 1. The number of rotatable bonds is 6. The van der Waals surface area contributed by atoms with Crippen LogP contribution in [0.4, 0.5) is 5.69 Å². The molecule has 0 spiro atoms. The van der Waals surface area contributed by atoms with Crippen LogP contribution in [0.15, 0.2) is 72.8 Å². The maximum Gasteiger partial charge on any atom is 0.227 e. The van der Waals surface area contributed by atoms with Crippen molar-refractivity contribution in [2.45, 2.75) is 26.3 Å². The lowest BCUT2D eigenvalue weighted by molar-refractivity contribution is -0.121. The smallest absolute Gasteiger partial charge is 0.227 e. The Morgan fingerprint density at radius 1 is 0.968 bits per heavy atom. The summed E-state index contributed by atoms with van der Waals surface area (Å²) in [5.74, 6) is 1.01. The lowest BCUT2D eigenvalue weighted by Gasteiger charge is -2.31. The van der Waals surface area contributed by atoms with E-state index in [2.05, 4.69) is 47.5 Å². The molecular weight excluding hydrogens is 384 g/mol. The zero-order chi connectivity index (χ0) is 21.6. The Morgan fingerprint density at radius 3 is 2.42 bits per heavy atom. The van der Waals surface area contributed by atoms with E-state index in [1.165, 1.54) is 11.1 Å². The normalized spacial score (nSPS) is 14.9. The number of methoxy groups -OCH3 is 1. The lowest BCUT2D eigenvalue weighted by Crippen LogP contribution is -2.37. The molecule has 0 bridgehead atoms. The van der Waals surface area contributed by atoms with Gasteiger partial charge in [-0.3, -0.25) is 9.69 Å². The minimum Gasteiger partial charge on any atom is -0.497 e. The maximum atomic E-state index is 12.9. The van der Waals surface area contributed by atoms with Crippen molar-refractivity contribution in [3.8, 4) is 16.9 Å². The minimum absolute atomic E-state index is 0.0635. The van der Waals surface area contributed by atoms with E-state index in [0.29, 0.717) is 0 Å². The Morgan fingerprint density at radius 2 is 1.68 bits per heavy atom. The van der Waals surface area contributed by atoms with E-state index in [9.17, 15) is 4.79 Å². The quantitative estimate of drug-likeness (QED) is 0.577. The number of anilines is 1. The molecule has 160 valence electrons. The molecule has 1 N–H and O–H groups in total. The van der Waals surface area contributed by atoms with Crippen LogP contribution in [0.1, 0.15) is 24.0 Å². The maximum absolute atomic E-state index is 12.9. The van der Waals surface area contributed by atoms with Crippen molar-refractivity contribution in [1.82, 2.24) is 4.90 Å². The topological polar surface area (TPSA) is 41.6 Å². The number of amides is 1. The highest BCUT2D eigenvalue weighted by molar-refractivity contribution is 5.93. The van der Waals surface area contributed by atoms with E-state index in [4.69, 9.17) is 4.74 Å². The molecule has 1 fully saturated rings. The average Bonchev–Trinajstić information content (AvgIpc) is 2.81. The van der Waals surface area contributed by atoms with Crippen LogP contribution >= 0.6 is 0 Å². The van der Waals surface area contributed by atoms with Crippen LogP contribution in [0.5, 0.6) is 5.75 Å². The van der Waals surface area contributed by atoms with E-state index in [1.54, 1.807) is 7.11 Å². The summed E-state index contributed by atoms with van der Waals surface area (Å²) in [6.07, 6.45) is 1.79. The van der Waals surface area contributed by atoms with Crippen molar-refractivity contribution in [3.63, 3.8) is 0 Å². The lowest BCUT2D eigenvalue weighted by atomic mass is 9.95. The number of hydrogen-bond donors (Lipinski definition) is 1. The fourth-order valence-corrected chi connectivity index (χ4v) is 4.21. The number of carbonyl (C=O) groups excluding carboxylic acids is 1. The molecule has 1 aliphatic heterocycles. The third-order valence-corrected chi connectivity index (χ3v) is 6.15. The molecule has 4 nitrogen and oxygen atoms in total. The van der Waals surface area contributed by atoms with E-state index in [-0.39, 0.29) is 11.8 Å². The molecule has 4 rings (SSSR count). The van der Waals surface area contributed by atoms with Gasteiger partial charge in [-0.15, -0.1) is 0 Å². The Bertz CT molecular complexity index is 1040. The van der Waals surface area contributed by atoms with Crippen molar-refractivity contribution in [1.29, 1.82) is 0 Å². The van der Waals surface area contributed by atoms with Crippen LogP contribution in [0.3, 0.4) is 0 Å². The monoisotopic (exact) mass is 414 g/mol. The molecule has 3 aromatic carbocycles. The summed E-state index contributed by atoms with van der Waals surface area (Å²) in [5.41, 5.74) is 5.68. The van der Waals surface area contributed by atoms with Crippen molar-refractivity contribution >= 4 is 11.6 Å². The second-order valence-corrected chi connectivity index (χ2v) is 8.28. The van der Waals surface area contributed by atoms with Gasteiger partial charge in [0.25, 0.3) is 0 Å². The van der Waals surface area contributed by atoms with Gasteiger partial charge in [0.1, 0.15) is 5.75 Å². The predicted octanol–water partition coefficient (Wildman–Crippen LogP) is 5.52. The first-order valence-corrected chi connectivity index (χ1v) is 10.9. The molecule has 1 saturated heterocycles. The largest absolute Gasteiger partial charge is 0.497 e. The number of benzene rings is 3. The van der Waals surface area contributed by atoms with Gasteiger partial charge in [-0.1, -0.05) is 48.5 Å². The van der Waals surface area contributed by atoms with Gasteiger partial charge in [0.2, 0.25) is 5.91 Å². The molecule has 0 radical (unpaired) electrons. The number of nitrogens with one attached hydrogen (secondary N) is 1. The molecule has 3 aromatic rings. The minimum atomic E-state index is 0.0635. The van der Waals surface area contributed by atoms with Gasteiger partial charge in [0.15, 0.2) is 0 Å². The van der Waals surface area contributed by atoms with Crippen LogP contribution in [0.25, 0.3) is 11.1 Å². The fraction of sp³-hybridized carbons (Fsp3) is 0.296. The number of nitrogens with zero attached hydrogens (tertiary/aromatic N) is 1. The van der Waals surface area contributed by atoms with Gasteiger partial charge in [0.05, 0.1) is 7.11 Å². The SMILES string of the molecule is COc1cccc(-c2cccc(NC(=O)C3CCN(Cc4ccccc4C)CC3)c2)c1. The van der Waals surface area contributed by atoms with Crippen molar-refractivity contribution in [3.05, 3.63) is 83.9 Å². The third kappa shape index (κ3) is 5.33. The van der Waals surface area contributed by atoms with Crippen molar-refractivity contribution in [2.75, 3.05) is 25.5 Å². The van der Waals surface area contributed by atoms with Gasteiger partial charge in [-0.25, -0.2) is 0 Å². The summed E-state index contributed by atoms with van der Waals surface area (Å²) in [5, 5.41) is 3.14. The molecular formula is C27H30N2O2. The van der Waals surface area contributed by atoms with Crippen LogP contribution in [0.2, 0.25) is 0 Å². The summed E-state index contributed by atoms with van der Waals surface area (Å²) in [4.78, 5) is 15.3. The van der Waals surface area contributed by atoms with Gasteiger partial charge in [0, 0.05) is 18.2 Å². The van der Waals surface area contributed by atoms with Crippen LogP contribution in [-0.4, -0.2) is 31.0 Å². The molecule has 1 amide bonds. The molecule has 0 atom stereocenters. The molecule has 4 heteroatoms. The first kappa shape index (κ1) is 21.1. The predicted molar refractivity (Wildman–Crippen MR) is 126 cm³/mol. The first-order chi connectivity index (χ1) is 15.1. The van der Waals surface area contributed by atoms with Crippen molar-refractivity contribution in [2.24, 2.45) is 5.92 Å². The Hall–Kier alpha value is -3.11. The van der Waals surface area contributed by atoms with Crippen LogP contribution in [-0.2, 0) is 11.3 Å². The van der Waals surface area contributed by atoms with Gasteiger partial charge < -0.3 is 10.1 Å². The Balaban J connectivity index is 1.34. The molecule has 0 unspecified atom stereocenters. The zero-order valence-electron chi connectivity index (χ0n) is 18.3. The standard InChI is InChI=1S/C27H30N2O2/c1-20-7-3-4-8-24(20)19-29-15-13-21(14-16-29)27(30)28-25-11-5-9-22(17-25)23-10-6-12-26(18-23)31-2/h3-12,17-18,21H,13-16,19H2,1-2H3,(H,28,30). The Labute approximate surface area is 184 Å². The number of aryl methyl sites for hydroxylation is 1. The van der Waals surface area contributed by atoms with E-state index >= 15 is 0 Å². The van der Waals surface area contributed by atoms with Gasteiger partial charge in [-0.05, 0) is 79.4 Å². The van der Waals surface area contributed by atoms with E-state index in [0.717, 1.165) is 55.0 Å². The van der Waals surface area contributed by atoms with Gasteiger partial charge >= 0.3 is 0 Å². The molecule has 31 heavy (non-hydrogen) atoms. The summed E-state index contributed by atoms with van der Waals surface area (Å²) in [6.45, 7) is 5.03. The zero-order valence-corrected chi connectivity index (χ0v) is 18.3. The highest BCUT2D eigenvalue weighted by atomic mass is 16.5. The summed E-state index contributed by atoms with van der Waals surface area (Å²) in [7, 11) is 1.67. The molecule has 0 aromatic heterocycles.